The van der Waals surface area contributed by atoms with Gasteiger partial charge in [-0.2, -0.15) is 5.10 Å². The molecular weight excluding hydrogens is 317 g/mol. The SMILES string of the molecule is CN=c1scc(-c2ccc(F)cc2)n1N=Cc1ccc(C)s1. The lowest BCUT2D eigenvalue weighted by Gasteiger charge is -2.02. The van der Waals surface area contributed by atoms with Gasteiger partial charge in [-0.15, -0.1) is 22.7 Å². The summed E-state index contributed by atoms with van der Waals surface area (Å²) in [7, 11) is 1.74. The highest BCUT2D eigenvalue weighted by molar-refractivity contribution is 7.13. The molecule has 0 N–H and O–H groups in total. The van der Waals surface area contributed by atoms with Crippen molar-refractivity contribution in [3.05, 3.63) is 62.2 Å². The predicted molar refractivity (Wildman–Crippen MR) is 91.2 cm³/mol. The molecule has 2 heterocycles. The molecule has 3 aromatic rings. The van der Waals surface area contributed by atoms with E-state index in [4.69, 9.17) is 0 Å². The van der Waals surface area contributed by atoms with Crippen LogP contribution < -0.4 is 4.80 Å². The summed E-state index contributed by atoms with van der Waals surface area (Å²) in [5.41, 5.74) is 1.81. The number of hydrogen-bond acceptors (Lipinski definition) is 4. The molecule has 112 valence electrons. The van der Waals surface area contributed by atoms with Gasteiger partial charge in [-0.1, -0.05) is 0 Å². The first-order valence-corrected chi connectivity index (χ1v) is 8.37. The number of thiazole rings is 1. The van der Waals surface area contributed by atoms with E-state index < -0.39 is 0 Å². The van der Waals surface area contributed by atoms with Gasteiger partial charge < -0.3 is 0 Å². The summed E-state index contributed by atoms with van der Waals surface area (Å²) in [5, 5.41) is 6.52. The molecule has 0 spiro atoms. The molecule has 0 atom stereocenters. The molecule has 0 unspecified atom stereocenters. The number of aromatic nitrogens is 1. The first kappa shape index (κ1) is 14.9. The van der Waals surface area contributed by atoms with Crippen molar-refractivity contribution in [2.45, 2.75) is 6.92 Å². The second kappa shape index (κ2) is 6.37. The number of halogens is 1. The maximum Gasteiger partial charge on any atom is 0.205 e. The summed E-state index contributed by atoms with van der Waals surface area (Å²) in [6, 6.07) is 10.5. The summed E-state index contributed by atoms with van der Waals surface area (Å²) in [5.74, 6) is -0.247. The summed E-state index contributed by atoms with van der Waals surface area (Å²) in [4.78, 5) is 7.38. The third kappa shape index (κ3) is 3.08. The van der Waals surface area contributed by atoms with Crippen molar-refractivity contribution in [2.24, 2.45) is 10.1 Å². The minimum absolute atomic E-state index is 0.247. The molecule has 0 saturated carbocycles. The molecule has 0 aliphatic carbocycles. The molecule has 22 heavy (non-hydrogen) atoms. The van der Waals surface area contributed by atoms with Crippen LogP contribution in [0.15, 0.2) is 51.9 Å². The van der Waals surface area contributed by atoms with E-state index in [1.54, 1.807) is 35.2 Å². The van der Waals surface area contributed by atoms with Crippen LogP contribution in [0, 0.1) is 12.7 Å². The third-order valence-corrected chi connectivity index (χ3v) is 4.92. The molecule has 1 aromatic carbocycles. The van der Waals surface area contributed by atoms with Gasteiger partial charge in [-0.25, -0.2) is 9.07 Å². The number of aryl methyl sites for hydroxylation is 1. The Morgan fingerprint density at radius 2 is 1.91 bits per heavy atom. The van der Waals surface area contributed by atoms with E-state index in [1.165, 1.54) is 28.3 Å². The van der Waals surface area contributed by atoms with E-state index in [-0.39, 0.29) is 5.82 Å². The fourth-order valence-electron chi connectivity index (χ4n) is 2.02. The largest absolute Gasteiger partial charge is 0.261 e. The summed E-state index contributed by atoms with van der Waals surface area (Å²) in [6.45, 7) is 2.07. The molecule has 0 aliphatic rings. The van der Waals surface area contributed by atoms with Gasteiger partial charge >= 0.3 is 0 Å². The molecule has 0 radical (unpaired) electrons. The van der Waals surface area contributed by atoms with Gasteiger partial charge in [0.1, 0.15) is 5.82 Å². The minimum Gasteiger partial charge on any atom is -0.261 e. The Kier molecular flexibility index (Phi) is 4.31. The van der Waals surface area contributed by atoms with Gasteiger partial charge in [0, 0.05) is 27.7 Å². The lowest BCUT2D eigenvalue weighted by atomic mass is 10.2. The fourth-order valence-corrected chi connectivity index (χ4v) is 3.57. The average molecular weight is 331 g/mol. The third-order valence-electron chi connectivity index (χ3n) is 3.08. The average Bonchev–Trinajstić information content (AvgIpc) is 3.11. The zero-order valence-corrected chi connectivity index (χ0v) is 13.8. The molecule has 0 amide bonds. The van der Waals surface area contributed by atoms with Crippen molar-refractivity contribution >= 4 is 28.9 Å². The highest BCUT2D eigenvalue weighted by Gasteiger charge is 2.07. The Balaban J connectivity index is 2.04. The van der Waals surface area contributed by atoms with Crippen molar-refractivity contribution in [1.82, 2.24) is 4.68 Å². The lowest BCUT2D eigenvalue weighted by Crippen LogP contribution is -2.11. The van der Waals surface area contributed by atoms with Gasteiger partial charge in [0.05, 0.1) is 11.9 Å². The monoisotopic (exact) mass is 331 g/mol. The van der Waals surface area contributed by atoms with E-state index in [0.717, 1.165) is 20.9 Å². The predicted octanol–water partition coefficient (Wildman–Crippen LogP) is 4.14. The van der Waals surface area contributed by atoms with Crippen molar-refractivity contribution in [3.8, 4) is 11.3 Å². The molecule has 3 rings (SSSR count). The van der Waals surface area contributed by atoms with Gasteiger partial charge in [0.15, 0.2) is 0 Å². The van der Waals surface area contributed by atoms with Gasteiger partial charge in [-0.3, -0.25) is 4.99 Å². The zero-order chi connectivity index (χ0) is 15.5. The number of thiophene rings is 1. The van der Waals surface area contributed by atoms with E-state index >= 15 is 0 Å². The van der Waals surface area contributed by atoms with Crippen LogP contribution >= 0.6 is 22.7 Å². The minimum atomic E-state index is -0.247. The van der Waals surface area contributed by atoms with Crippen molar-refractivity contribution in [3.63, 3.8) is 0 Å². The van der Waals surface area contributed by atoms with Crippen LogP contribution in [0.2, 0.25) is 0 Å². The Morgan fingerprint density at radius 1 is 1.14 bits per heavy atom. The summed E-state index contributed by atoms with van der Waals surface area (Å²) >= 11 is 3.19. The van der Waals surface area contributed by atoms with Crippen LogP contribution in [0.5, 0.6) is 0 Å². The molecule has 0 fully saturated rings. The number of hydrogen-bond donors (Lipinski definition) is 0. The maximum absolute atomic E-state index is 13.1. The van der Waals surface area contributed by atoms with Crippen LogP contribution in [0.3, 0.4) is 0 Å². The van der Waals surface area contributed by atoms with Crippen LogP contribution in [-0.2, 0) is 0 Å². The smallest absolute Gasteiger partial charge is 0.205 e. The highest BCUT2D eigenvalue weighted by Crippen LogP contribution is 2.20. The number of rotatable bonds is 3. The van der Waals surface area contributed by atoms with Crippen molar-refractivity contribution < 1.29 is 4.39 Å². The number of nitrogens with zero attached hydrogens (tertiary/aromatic N) is 3. The Bertz CT molecular complexity index is 869. The van der Waals surface area contributed by atoms with Gasteiger partial charge in [0.25, 0.3) is 0 Å². The lowest BCUT2D eigenvalue weighted by molar-refractivity contribution is 0.628. The summed E-state index contributed by atoms with van der Waals surface area (Å²) in [6.07, 6.45) is 1.83. The first-order chi connectivity index (χ1) is 10.7. The summed E-state index contributed by atoms with van der Waals surface area (Å²) < 4.78 is 14.9. The van der Waals surface area contributed by atoms with Crippen LogP contribution in [-0.4, -0.2) is 17.9 Å². The molecule has 3 nitrogen and oxygen atoms in total. The van der Waals surface area contributed by atoms with Crippen molar-refractivity contribution in [1.29, 1.82) is 0 Å². The Hall–Kier alpha value is -2.05. The maximum atomic E-state index is 13.1. The molecule has 0 saturated heterocycles. The fraction of sp³-hybridized carbons (Fsp3) is 0.125. The van der Waals surface area contributed by atoms with Crippen molar-refractivity contribution in [2.75, 3.05) is 7.05 Å². The van der Waals surface area contributed by atoms with E-state index in [2.05, 4.69) is 23.1 Å². The topological polar surface area (TPSA) is 29.6 Å². The van der Waals surface area contributed by atoms with Crippen LogP contribution in [0.1, 0.15) is 9.75 Å². The normalized spacial score (nSPS) is 12.4. The first-order valence-electron chi connectivity index (χ1n) is 6.67. The highest BCUT2D eigenvalue weighted by atomic mass is 32.1. The Labute approximate surface area is 135 Å². The molecule has 0 bridgehead atoms. The quantitative estimate of drug-likeness (QED) is 0.646. The van der Waals surface area contributed by atoms with E-state index in [1.807, 2.05) is 17.7 Å². The van der Waals surface area contributed by atoms with Gasteiger partial charge in [-0.05, 0) is 43.3 Å². The van der Waals surface area contributed by atoms with Crippen LogP contribution in [0.25, 0.3) is 11.3 Å². The van der Waals surface area contributed by atoms with E-state index in [0.29, 0.717) is 0 Å². The standard InChI is InChI=1S/C16H14FN3S2/c1-11-3-8-14(22-11)9-19-20-15(10-21-16(20)18-2)12-4-6-13(17)7-5-12/h3-10H,1-2H3. The second-order valence-corrected chi connectivity index (χ2v) is 6.79. The van der Waals surface area contributed by atoms with Gasteiger partial charge in [0.2, 0.25) is 4.80 Å². The molecule has 0 aliphatic heterocycles. The molecule has 2 aromatic heterocycles. The number of benzene rings is 1. The molecule has 6 heteroatoms. The van der Waals surface area contributed by atoms with Crippen LogP contribution in [0.4, 0.5) is 4.39 Å². The zero-order valence-electron chi connectivity index (χ0n) is 12.2. The molecular formula is C16H14FN3S2. The Morgan fingerprint density at radius 3 is 2.55 bits per heavy atom. The van der Waals surface area contributed by atoms with E-state index in [9.17, 15) is 4.39 Å². The second-order valence-electron chi connectivity index (χ2n) is 4.64.